The van der Waals surface area contributed by atoms with Crippen LogP contribution in [0.4, 0.5) is 5.69 Å². The molecule has 2 nitrogen and oxygen atoms in total. The predicted octanol–water partition coefficient (Wildman–Crippen LogP) is -1.96. The Balaban J connectivity index is 0.00000169. The second-order valence-corrected chi connectivity index (χ2v) is 3.91. The number of nitrogens with two attached hydrogens (primary N) is 1. The summed E-state index contributed by atoms with van der Waals surface area (Å²) in [6.07, 6.45) is 1.92. The monoisotopic (exact) mass is 342 g/mol. The van der Waals surface area contributed by atoms with Crippen molar-refractivity contribution in [1.29, 1.82) is 0 Å². The number of thioether (sulfide) groups is 1. The van der Waals surface area contributed by atoms with Crippen LogP contribution < -0.4 is 34.7 Å². The molecule has 0 atom stereocenters. The van der Waals surface area contributed by atoms with Crippen LogP contribution in [0, 0.1) is 6.92 Å². The average Bonchev–Trinajstić information content (AvgIpc) is 2.11. The lowest BCUT2D eigenvalue weighted by atomic mass is 10.2. The van der Waals surface area contributed by atoms with Crippen LogP contribution in [0.3, 0.4) is 0 Å². The summed E-state index contributed by atoms with van der Waals surface area (Å²) in [5, 5.41) is 1.45. The number of benzene rings is 1. The highest BCUT2D eigenvalue weighted by Gasteiger charge is 1.99. The summed E-state index contributed by atoms with van der Waals surface area (Å²) >= 11 is 7.36. The minimum absolute atomic E-state index is 0. The molecule has 1 rings (SSSR count). The maximum atomic E-state index is 5.88. The van der Waals surface area contributed by atoms with Crippen LogP contribution in [0.15, 0.2) is 18.2 Å². The van der Waals surface area contributed by atoms with Gasteiger partial charge in [-0.3, -0.25) is 5.73 Å². The van der Waals surface area contributed by atoms with E-state index in [4.69, 9.17) is 17.3 Å². The Bertz CT molecular complexity index is 342. The van der Waals surface area contributed by atoms with Gasteiger partial charge in [-0.2, -0.15) is 0 Å². The van der Waals surface area contributed by atoms with E-state index in [1.165, 1.54) is 11.8 Å². The standard InChI is InChI=1S/C9H11ClN2S.HI/c1-6-5-7(3-4-8(6)10)12-9(11)13-2;/h3-5H,1-2H3,(H2,11,12);1H. The molecule has 78 valence electrons. The molecule has 0 spiro atoms. The van der Waals surface area contributed by atoms with E-state index >= 15 is 0 Å². The summed E-state index contributed by atoms with van der Waals surface area (Å²) in [7, 11) is 0. The highest BCUT2D eigenvalue weighted by atomic mass is 127. The van der Waals surface area contributed by atoms with Gasteiger partial charge in [0.2, 0.25) is 0 Å². The van der Waals surface area contributed by atoms with E-state index in [2.05, 4.69) is 4.99 Å². The molecule has 0 aliphatic carbocycles. The van der Waals surface area contributed by atoms with Crippen molar-refractivity contribution in [2.24, 2.45) is 5.73 Å². The third-order valence-electron chi connectivity index (χ3n) is 1.65. The molecule has 1 aromatic rings. The molecule has 0 aliphatic heterocycles. The molecule has 0 heterocycles. The molecule has 0 fully saturated rings. The predicted molar refractivity (Wildman–Crippen MR) is 59.5 cm³/mol. The zero-order valence-electron chi connectivity index (χ0n) is 7.97. The summed E-state index contributed by atoms with van der Waals surface area (Å²) < 4.78 is 0. The number of amidine groups is 1. The van der Waals surface area contributed by atoms with E-state index in [1.54, 1.807) is 0 Å². The lowest BCUT2D eigenvalue weighted by molar-refractivity contribution is -0.351. The Kier molecular flexibility index (Phi) is 6.55. The average molecular weight is 343 g/mol. The number of rotatable bonds is 1. The Morgan fingerprint density at radius 1 is 1.50 bits per heavy atom. The van der Waals surface area contributed by atoms with Gasteiger partial charge in [0.05, 0.1) is 0 Å². The Morgan fingerprint density at radius 2 is 2.14 bits per heavy atom. The lowest BCUT2D eigenvalue weighted by Crippen LogP contribution is -3.00. The van der Waals surface area contributed by atoms with Gasteiger partial charge >= 0.3 is 5.17 Å². The maximum absolute atomic E-state index is 5.88. The molecule has 0 bridgehead atoms. The Morgan fingerprint density at radius 3 is 2.64 bits per heavy atom. The number of hydrogen-bond acceptors (Lipinski definition) is 1. The molecule has 0 saturated carbocycles. The van der Waals surface area contributed by atoms with Crippen molar-refractivity contribution in [3.63, 3.8) is 0 Å². The van der Waals surface area contributed by atoms with Crippen molar-refractivity contribution < 1.29 is 29.0 Å². The zero-order chi connectivity index (χ0) is 9.84. The molecule has 5 heteroatoms. The van der Waals surface area contributed by atoms with Crippen molar-refractivity contribution in [3.8, 4) is 0 Å². The van der Waals surface area contributed by atoms with E-state index in [-0.39, 0.29) is 24.0 Å². The molecule has 0 amide bonds. The second-order valence-electron chi connectivity index (χ2n) is 2.66. The minimum atomic E-state index is 0. The second kappa shape index (κ2) is 6.53. The van der Waals surface area contributed by atoms with Crippen LogP contribution >= 0.6 is 23.4 Å². The van der Waals surface area contributed by atoms with Gasteiger partial charge in [-0.1, -0.05) is 11.6 Å². The Labute approximate surface area is 110 Å². The summed E-state index contributed by atoms with van der Waals surface area (Å²) in [4.78, 5) is 3.06. The van der Waals surface area contributed by atoms with Crippen LogP contribution in [0.2, 0.25) is 5.02 Å². The normalized spacial score (nSPS) is 10.9. The van der Waals surface area contributed by atoms with Crippen LogP contribution in [0.1, 0.15) is 5.56 Å². The first kappa shape index (κ1) is 14.1. The first-order chi connectivity index (χ1) is 6.13. The SMILES string of the molecule is CSC(N)=[NH+]c1ccc(Cl)c(C)c1.[I-]. The fourth-order valence-corrected chi connectivity index (χ4v) is 1.25. The van der Waals surface area contributed by atoms with Gasteiger partial charge in [0, 0.05) is 5.02 Å². The van der Waals surface area contributed by atoms with E-state index in [9.17, 15) is 0 Å². The first-order valence-electron chi connectivity index (χ1n) is 3.83. The fraction of sp³-hybridized carbons (Fsp3) is 0.222. The minimum Gasteiger partial charge on any atom is -1.00 e. The van der Waals surface area contributed by atoms with E-state index in [1.807, 2.05) is 31.4 Å². The van der Waals surface area contributed by atoms with Crippen molar-refractivity contribution >= 4 is 34.2 Å². The van der Waals surface area contributed by atoms with Crippen LogP contribution in [-0.2, 0) is 0 Å². The number of hydrogen-bond donors (Lipinski definition) is 2. The molecule has 1 aromatic carbocycles. The van der Waals surface area contributed by atoms with Gasteiger partial charge in [-0.15, -0.1) is 0 Å². The number of aryl methyl sites for hydroxylation is 1. The summed E-state index contributed by atoms with van der Waals surface area (Å²) in [6, 6.07) is 5.72. The van der Waals surface area contributed by atoms with Crippen molar-refractivity contribution in [2.75, 3.05) is 6.26 Å². The van der Waals surface area contributed by atoms with Crippen LogP contribution in [0.5, 0.6) is 0 Å². The highest BCUT2D eigenvalue weighted by Crippen LogP contribution is 2.16. The topological polar surface area (TPSA) is 40.0 Å². The first-order valence-corrected chi connectivity index (χ1v) is 5.43. The molecule has 0 saturated heterocycles. The van der Waals surface area contributed by atoms with E-state index in [0.717, 1.165) is 16.3 Å². The third kappa shape index (κ3) is 4.06. The number of halogens is 2. The van der Waals surface area contributed by atoms with Gasteiger partial charge in [0.25, 0.3) is 0 Å². The van der Waals surface area contributed by atoms with Crippen LogP contribution in [0.25, 0.3) is 0 Å². The van der Waals surface area contributed by atoms with Gasteiger partial charge in [0.1, 0.15) is 5.69 Å². The van der Waals surface area contributed by atoms with Crippen molar-refractivity contribution in [2.45, 2.75) is 6.92 Å². The van der Waals surface area contributed by atoms with Gasteiger partial charge in [-0.05, 0) is 48.7 Å². The molecule has 0 unspecified atom stereocenters. The molecule has 14 heavy (non-hydrogen) atoms. The highest BCUT2D eigenvalue weighted by molar-refractivity contribution is 8.12. The molecular formula is C9H12ClIN2S. The smallest absolute Gasteiger partial charge is 0.306 e. The Hall–Kier alpha value is 0.0600. The lowest BCUT2D eigenvalue weighted by Gasteiger charge is -1.97. The molecule has 0 aliphatic rings. The largest absolute Gasteiger partial charge is 1.00 e. The van der Waals surface area contributed by atoms with Gasteiger partial charge < -0.3 is 24.0 Å². The van der Waals surface area contributed by atoms with Crippen molar-refractivity contribution in [1.82, 2.24) is 0 Å². The summed E-state index contributed by atoms with van der Waals surface area (Å²) in [6.45, 7) is 1.96. The number of nitrogens with one attached hydrogen (secondary N) is 1. The third-order valence-corrected chi connectivity index (χ3v) is 2.61. The van der Waals surface area contributed by atoms with Crippen LogP contribution in [-0.4, -0.2) is 11.4 Å². The zero-order valence-corrected chi connectivity index (χ0v) is 11.7. The molecule has 3 N–H and O–H groups in total. The van der Waals surface area contributed by atoms with E-state index in [0.29, 0.717) is 5.17 Å². The maximum Gasteiger partial charge on any atom is 0.306 e. The summed E-state index contributed by atoms with van der Waals surface area (Å²) in [5.41, 5.74) is 7.64. The van der Waals surface area contributed by atoms with E-state index < -0.39 is 0 Å². The molecular weight excluding hydrogens is 331 g/mol. The van der Waals surface area contributed by atoms with Crippen molar-refractivity contribution in [3.05, 3.63) is 28.8 Å². The molecule has 0 radical (unpaired) electrons. The quantitative estimate of drug-likeness (QED) is 0.354. The van der Waals surface area contributed by atoms with Gasteiger partial charge in [0.15, 0.2) is 0 Å². The summed E-state index contributed by atoms with van der Waals surface area (Å²) in [5.74, 6) is 0. The molecule has 0 aromatic heterocycles. The van der Waals surface area contributed by atoms with Gasteiger partial charge in [-0.25, -0.2) is 4.99 Å². The fourth-order valence-electron chi connectivity index (χ4n) is 0.916.